The van der Waals surface area contributed by atoms with E-state index in [0.717, 1.165) is 6.07 Å². The maximum absolute atomic E-state index is 13.6. The van der Waals surface area contributed by atoms with Gasteiger partial charge in [0.2, 0.25) is 5.82 Å². The fourth-order valence-electron chi connectivity index (χ4n) is 4.65. The maximum atomic E-state index is 13.6. The van der Waals surface area contributed by atoms with Gasteiger partial charge in [0.1, 0.15) is 5.69 Å². The van der Waals surface area contributed by atoms with Crippen LogP contribution >= 0.6 is 0 Å². The number of methoxy groups -OCH3 is 1. The van der Waals surface area contributed by atoms with E-state index in [0.29, 0.717) is 30.3 Å². The van der Waals surface area contributed by atoms with Gasteiger partial charge in [0.05, 0.1) is 18.0 Å². The van der Waals surface area contributed by atoms with Crippen molar-refractivity contribution in [2.75, 3.05) is 7.11 Å². The number of hydrogen-bond donors (Lipinski definition) is 2. The minimum absolute atomic E-state index is 0.00403. The Morgan fingerprint density at radius 1 is 1.24 bits per heavy atom. The average Bonchev–Trinajstić information content (AvgIpc) is 3.08. The van der Waals surface area contributed by atoms with E-state index >= 15 is 0 Å². The number of benzene rings is 1. The molecule has 2 fully saturated rings. The highest BCUT2D eigenvalue weighted by Gasteiger charge is 2.72. The van der Waals surface area contributed by atoms with Gasteiger partial charge in [0.15, 0.2) is 17.0 Å². The second kappa shape index (κ2) is 8.17. The number of hydrogen-bond acceptors (Lipinski definition) is 4. The molecule has 2 aliphatic carbocycles. The molecule has 2 aliphatic rings. The van der Waals surface area contributed by atoms with Crippen molar-refractivity contribution >= 4 is 16.8 Å². The molecule has 1 aromatic carbocycles. The van der Waals surface area contributed by atoms with Gasteiger partial charge >= 0.3 is 0 Å². The Hall–Kier alpha value is -3.43. The van der Waals surface area contributed by atoms with E-state index in [1.165, 1.54) is 31.6 Å². The molecule has 0 aliphatic heterocycles. The van der Waals surface area contributed by atoms with Gasteiger partial charge < -0.3 is 15.5 Å². The van der Waals surface area contributed by atoms with Crippen LogP contribution in [0.3, 0.4) is 0 Å². The van der Waals surface area contributed by atoms with Gasteiger partial charge in [-0.05, 0) is 37.3 Å². The third-order valence-corrected chi connectivity index (χ3v) is 6.45. The topological polar surface area (TPSA) is 98.1 Å². The fourth-order valence-corrected chi connectivity index (χ4v) is 4.65. The molecule has 2 aromatic heterocycles. The van der Waals surface area contributed by atoms with Gasteiger partial charge in [-0.25, -0.2) is 13.2 Å². The van der Waals surface area contributed by atoms with Crippen molar-refractivity contribution in [3.63, 3.8) is 0 Å². The molecule has 2 saturated carbocycles. The lowest BCUT2D eigenvalue weighted by Gasteiger charge is -2.16. The highest BCUT2D eigenvalue weighted by Crippen LogP contribution is 2.71. The normalized spacial score (nSPS) is 22.6. The zero-order valence-corrected chi connectivity index (χ0v) is 17.6. The number of fused-ring (bicyclic) bond motifs is 1. The Kier molecular flexibility index (Phi) is 5.63. The van der Waals surface area contributed by atoms with E-state index in [4.69, 9.17) is 10.5 Å². The number of halogens is 4. The van der Waals surface area contributed by atoms with Crippen molar-refractivity contribution < 1.29 is 27.1 Å². The molecule has 33 heavy (non-hydrogen) atoms. The number of aromatic amines is 1. The van der Waals surface area contributed by atoms with Crippen molar-refractivity contribution in [1.82, 2.24) is 9.97 Å². The third-order valence-electron chi connectivity index (χ3n) is 6.45. The largest absolute Gasteiger partial charge is 0.493 e. The smallest absolute Gasteiger partial charge is 0.268 e. The average molecular weight is 463 g/mol. The number of nitrogens with two attached hydrogens (primary N) is 1. The van der Waals surface area contributed by atoms with Gasteiger partial charge in [-0.3, -0.25) is 14.6 Å². The summed E-state index contributed by atoms with van der Waals surface area (Å²) in [6, 6.07) is 5.42. The van der Waals surface area contributed by atoms with Crippen LogP contribution in [0, 0.1) is 17.0 Å². The number of carbonyl (C=O) groups excluding carboxylic acids is 1. The Morgan fingerprint density at radius 3 is 2.58 bits per heavy atom. The van der Waals surface area contributed by atoms with Gasteiger partial charge in [-0.15, -0.1) is 0 Å². The summed E-state index contributed by atoms with van der Waals surface area (Å²) in [5, 5.41) is 0.238. The van der Waals surface area contributed by atoms with E-state index in [1.807, 2.05) is 0 Å². The molecular formula is C23H21F4N3O3. The van der Waals surface area contributed by atoms with Crippen LogP contribution < -0.4 is 15.9 Å². The Bertz CT molecular complexity index is 1290. The number of primary amides is 1. The number of rotatable bonds is 3. The maximum Gasteiger partial charge on any atom is 0.268 e. The molecule has 3 aromatic rings. The molecule has 1 amide bonds. The highest BCUT2D eigenvalue weighted by atomic mass is 19.3. The number of nitrogens with zero attached hydrogens (tertiary/aromatic N) is 1. The lowest BCUT2D eigenvalue weighted by atomic mass is 9.94. The second-order valence-electron chi connectivity index (χ2n) is 8.37. The monoisotopic (exact) mass is 463 g/mol. The SMILES string of the molecule is COc1c([C@@H]2CC[C@@]3(C2)CC3(F)F)ccc(F)c1F.NC(=O)c1nccc2[nH]ccc(=O)c12. The summed E-state index contributed by atoms with van der Waals surface area (Å²) in [4.78, 5) is 29.0. The number of amides is 1. The molecule has 0 bridgehead atoms. The molecule has 0 saturated heterocycles. The summed E-state index contributed by atoms with van der Waals surface area (Å²) >= 11 is 0. The fraction of sp³-hybridized carbons (Fsp3) is 0.348. The zero-order chi connectivity index (χ0) is 24.0. The van der Waals surface area contributed by atoms with E-state index in [1.54, 1.807) is 6.07 Å². The number of nitrogens with one attached hydrogen (secondary N) is 1. The van der Waals surface area contributed by atoms with Gasteiger partial charge in [-0.1, -0.05) is 6.07 Å². The molecule has 3 N–H and O–H groups in total. The van der Waals surface area contributed by atoms with E-state index in [2.05, 4.69) is 9.97 Å². The van der Waals surface area contributed by atoms with Gasteiger partial charge in [0.25, 0.3) is 11.8 Å². The zero-order valence-electron chi connectivity index (χ0n) is 17.6. The Morgan fingerprint density at radius 2 is 1.97 bits per heavy atom. The number of aromatic nitrogens is 2. The molecule has 2 atom stereocenters. The number of H-pyrrole nitrogens is 1. The quantitative estimate of drug-likeness (QED) is 0.567. The highest BCUT2D eigenvalue weighted by molar-refractivity contribution is 6.03. The summed E-state index contributed by atoms with van der Waals surface area (Å²) in [7, 11) is 1.26. The summed E-state index contributed by atoms with van der Waals surface area (Å²) < 4.78 is 58.4. The van der Waals surface area contributed by atoms with Crippen LogP contribution in [0.1, 0.15) is 47.7 Å². The minimum atomic E-state index is -2.59. The molecule has 0 unspecified atom stereocenters. The molecule has 10 heteroatoms. The van der Waals surface area contributed by atoms with Crippen LogP contribution in [-0.2, 0) is 0 Å². The summed E-state index contributed by atoms with van der Waals surface area (Å²) in [5.41, 5.74) is 4.98. The first kappa shape index (κ1) is 22.8. The number of carbonyl (C=O) groups is 1. The van der Waals surface area contributed by atoms with Crippen LogP contribution in [0.4, 0.5) is 17.6 Å². The Labute approximate surface area is 185 Å². The second-order valence-corrected chi connectivity index (χ2v) is 8.37. The lowest BCUT2D eigenvalue weighted by Crippen LogP contribution is -2.17. The summed E-state index contributed by atoms with van der Waals surface area (Å²) in [6.07, 6.45) is 4.18. The first-order valence-corrected chi connectivity index (χ1v) is 10.3. The van der Waals surface area contributed by atoms with E-state index in [-0.39, 0.29) is 34.6 Å². The van der Waals surface area contributed by atoms with Crippen LogP contribution in [-0.4, -0.2) is 28.9 Å². The molecule has 5 rings (SSSR count). The summed E-state index contributed by atoms with van der Waals surface area (Å²) in [6.45, 7) is 0. The van der Waals surface area contributed by atoms with Gasteiger partial charge in [-0.2, -0.15) is 4.39 Å². The molecule has 0 radical (unpaired) electrons. The third kappa shape index (κ3) is 3.94. The van der Waals surface area contributed by atoms with Crippen molar-refractivity contribution in [2.24, 2.45) is 11.1 Å². The van der Waals surface area contributed by atoms with Gasteiger partial charge in [0, 0.05) is 35.9 Å². The van der Waals surface area contributed by atoms with Crippen LogP contribution in [0.2, 0.25) is 0 Å². The number of alkyl halides is 2. The molecule has 174 valence electrons. The predicted molar refractivity (Wildman–Crippen MR) is 112 cm³/mol. The van der Waals surface area contributed by atoms with Crippen LogP contribution in [0.15, 0.2) is 41.5 Å². The van der Waals surface area contributed by atoms with Crippen molar-refractivity contribution in [3.05, 3.63) is 69.8 Å². The predicted octanol–water partition coefficient (Wildman–Crippen LogP) is 4.29. The van der Waals surface area contributed by atoms with E-state index < -0.39 is 28.9 Å². The minimum Gasteiger partial charge on any atom is -0.493 e. The lowest BCUT2D eigenvalue weighted by molar-refractivity contribution is 0.0654. The number of pyridine rings is 2. The molecule has 1 spiro atoms. The van der Waals surface area contributed by atoms with Crippen LogP contribution in [0.5, 0.6) is 5.75 Å². The van der Waals surface area contributed by atoms with Crippen molar-refractivity contribution in [1.29, 1.82) is 0 Å². The molecular weight excluding hydrogens is 442 g/mol. The van der Waals surface area contributed by atoms with E-state index in [9.17, 15) is 27.2 Å². The summed E-state index contributed by atoms with van der Waals surface area (Å²) in [5.74, 6) is -5.64. The first-order chi connectivity index (χ1) is 15.6. The first-order valence-electron chi connectivity index (χ1n) is 10.3. The van der Waals surface area contributed by atoms with Crippen molar-refractivity contribution in [2.45, 2.75) is 37.5 Å². The molecule has 6 nitrogen and oxygen atoms in total. The standard InChI is InChI=1S/C14H14F4O.C9H7N3O2/c1-19-12-9(2-3-10(15)11(12)16)8-4-5-13(6-8)7-14(13,17)18;10-9(14)8-7-5(1-3-12-8)11-4-2-6(7)13/h2-3,8H,4-7H2,1H3;1-4H,(H2,10,14)(H,11,13)/t8-,13-;/m1./s1. The molecule has 2 heterocycles. The Balaban J connectivity index is 0.000000165. The van der Waals surface area contributed by atoms with Crippen molar-refractivity contribution in [3.8, 4) is 5.75 Å². The number of ether oxygens (including phenoxy) is 1. The van der Waals surface area contributed by atoms with Crippen LogP contribution in [0.25, 0.3) is 10.9 Å².